The molecule has 0 spiro atoms. The summed E-state index contributed by atoms with van der Waals surface area (Å²) in [6.45, 7) is 0. The highest BCUT2D eigenvalue weighted by Gasteiger charge is 2.36. The minimum absolute atomic E-state index is 0.425. The van der Waals surface area contributed by atoms with Crippen LogP contribution in [0, 0.1) is 0 Å². The van der Waals surface area contributed by atoms with E-state index in [9.17, 15) is 0 Å². The Morgan fingerprint density at radius 1 is 1.07 bits per heavy atom. The number of imidazole rings is 1. The van der Waals surface area contributed by atoms with Crippen LogP contribution in [0.2, 0.25) is 0 Å². The summed E-state index contributed by atoms with van der Waals surface area (Å²) in [5.41, 5.74) is 8.95. The van der Waals surface area contributed by atoms with Crippen LogP contribution in [0.15, 0.2) is 64.3 Å². The van der Waals surface area contributed by atoms with Gasteiger partial charge in [0.05, 0.1) is 11.2 Å². The van der Waals surface area contributed by atoms with Gasteiger partial charge in [0.1, 0.15) is 5.65 Å². The molecular weight excluding hydrogens is 370 g/mol. The number of fused-ring (bicyclic) bond motifs is 1. The maximum absolute atomic E-state index is 6.42. The largest absolute Gasteiger partial charge is 0.334 e. The van der Waals surface area contributed by atoms with Gasteiger partial charge in [0.2, 0.25) is 0 Å². The monoisotopic (exact) mass is 391 g/mol. The van der Waals surface area contributed by atoms with Gasteiger partial charge in [-0.2, -0.15) is 4.98 Å². The highest BCUT2D eigenvalue weighted by atomic mass is 32.2. The van der Waals surface area contributed by atoms with Crippen molar-refractivity contribution in [3.63, 3.8) is 0 Å². The molecule has 0 radical (unpaired) electrons. The standard InChI is InChI=1S/C21H21N5OS/c22-21(10-2-3-11-21)20-24-19(27-25-20)15-6-8-17(9-7-15)28-14-16-13-26-12-4-1-5-18(26)23-16/h1,4-9,12-13H,2-3,10-11,14,22H2. The quantitative estimate of drug-likeness (QED) is 0.508. The molecule has 7 heteroatoms. The Bertz CT molecular complexity index is 1060. The average Bonchev–Trinajstić information content (AvgIpc) is 3.46. The lowest BCUT2D eigenvalue weighted by Gasteiger charge is -2.17. The van der Waals surface area contributed by atoms with Crippen molar-refractivity contribution in [2.24, 2.45) is 5.73 Å². The second-order valence-corrected chi connectivity index (χ2v) is 8.35. The van der Waals surface area contributed by atoms with E-state index in [0.717, 1.165) is 48.3 Å². The minimum atomic E-state index is -0.425. The van der Waals surface area contributed by atoms with E-state index in [-0.39, 0.29) is 0 Å². The van der Waals surface area contributed by atoms with Gasteiger partial charge in [-0.25, -0.2) is 4.98 Å². The molecule has 0 amide bonds. The molecule has 6 nitrogen and oxygen atoms in total. The summed E-state index contributed by atoms with van der Waals surface area (Å²) in [5.74, 6) is 1.98. The van der Waals surface area contributed by atoms with E-state index in [4.69, 9.17) is 10.3 Å². The van der Waals surface area contributed by atoms with Crippen LogP contribution in [0.5, 0.6) is 0 Å². The zero-order chi connectivity index (χ0) is 19.0. The first-order valence-electron chi connectivity index (χ1n) is 9.49. The number of pyridine rings is 1. The molecule has 2 N–H and O–H groups in total. The molecule has 4 aromatic rings. The molecule has 3 heterocycles. The van der Waals surface area contributed by atoms with Gasteiger partial charge in [-0.15, -0.1) is 11.8 Å². The van der Waals surface area contributed by atoms with Crippen LogP contribution < -0.4 is 5.73 Å². The summed E-state index contributed by atoms with van der Waals surface area (Å²) in [4.78, 5) is 10.4. The van der Waals surface area contributed by atoms with Gasteiger partial charge < -0.3 is 14.7 Å². The van der Waals surface area contributed by atoms with Crippen LogP contribution in [0.1, 0.15) is 37.2 Å². The molecule has 0 aliphatic heterocycles. The highest BCUT2D eigenvalue weighted by molar-refractivity contribution is 7.98. The summed E-state index contributed by atoms with van der Waals surface area (Å²) < 4.78 is 7.51. The van der Waals surface area contributed by atoms with Crippen LogP contribution in [0.4, 0.5) is 0 Å². The molecule has 0 atom stereocenters. The zero-order valence-corrected chi connectivity index (χ0v) is 16.2. The lowest BCUT2D eigenvalue weighted by molar-refractivity contribution is 0.372. The fraction of sp³-hybridized carbons (Fsp3) is 0.286. The molecule has 142 valence electrons. The van der Waals surface area contributed by atoms with Crippen LogP contribution in [-0.4, -0.2) is 19.5 Å². The van der Waals surface area contributed by atoms with Crippen molar-refractivity contribution < 1.29 is 4.52 Å². The maximum Gasteiger partial charge on any atom is 0.257 e. The van der Waals surface area contributed by atoms with E-state index in [2.05, 4.69) is 33.5 Å². The second kappa shape index (κ2) is 7.07. The molecule has 1 aliphatic rings. The Kier molecular flexibility index (Phi) is 4.41. The number of thioether (sulfide) groups is 1. The third-order valence-corrected chi connectivity index (χ3v) is 6.31. The molecule has 0 bridgehead atoms. The van der Waals surface area contributed by atoms with Crippen molar-refractivity contribution in [2.45, 2.75) is 41.9 Å². The molecule has 1 fully saturated rings. The summed E-state index contributed by atoms with van der Waals surface area (Å²) >= 11 is 1.76. The van der Waals surface area contributed by atoms with Crippen molar-refractivity contribution in [1.82, 2.24) is 19.5 Å². The molecular formula is C21H21N5OS. The number of nitrogens with two attached hydrogens (primary N) is 1. The lowest BCUT2D eigenvalue weighted by atomic mass is 9.99. The van der Waals surface area contributed by atoms with Crippen molar-refractivity contribution in [2.75, 3.05) is 0 Å². The van der Waals surface area contributed by atoms with Crippen molar-refractivity contribution in [3.8, 4) is 11.5 Å². The molecule has 1 aromatic carbocycles. The van der Waals surface area contributed by atoms with Crippen LogP contribution in [0.25, 0.3) is 17.1 Å². The first kappa shape index (κ1) is 17.5. The van der Waals surface area contributed by atoms with E-state index in [1.54, 1.807) is 11.8 Å². The van der Waals surface area contributed by atoms with Gasteiger partial charge in [-0.05, 0) is 49.2 Å². The summed E-state index contributed by atoms with van der Waals surface area (Å²) in [6.07, 6.45) is 8.18. The first-order chi connectivity index (χ1) is 13.7. The summed E-state index contributed by atoms with van der Waals surface area (Å²) in [7, 11) is 0. The highest BCUT2D eigenvalue weighted by Crippen LogP contribution is 2.35. The van der Waals surface area contributed by atoms with E-state index >= 15 is 0 Å². The van der Waals surface area contributed by atoms with Crippen LogP contribution in [0.3, 0.4) is 0 Å². The fourth-order valence-corrected chi connectivity index (χ4v) is 4.46. The van der Waals surface area contributed by atoms with E-state index in [1.807, 2.05) is 40.9 Å². The second-order valence-electron chi connectivity index (χ2n) is 7.30. The molecule has 5 rings (SSSR count). The van der Waals surface area contributed by atoms with Crippen molar-refractivity contribution >= 4 is 17.4 Å². The average molecular weight is 392 g/mol. The zero-order valence-electron chi connectivity index (χ0n) is 15.4. The normalized spacial score (nSPS) is 16.0. The Labute approximate surface area is 167 Å². The predicted molar refractivity (Wildman–Crippen MR) is 109 cm³/mol. The van der Waals surface area contributed by atoms with Gasteiger partial charge in [0, 0.05) is 28.6 Å². The Balaban J connectivity index is 1.27. The maximum atomic E-state index is 6.42. The van der Waals surface area contributed by atoms with E-state index < -0.39 is 5.54 Å². The number of benzene rings is 1. The molecule has 1 aliphatic carbocycles. The minimum Gasteiger partial charge on any atom is -0.334 e. The molecule has 0 saturated heterocycles. The molecule has 0 unspecified atom stereocenters. The number of aromatic nitrogens is 4. The number of rotatable bonds is 5. The van der Waals surface area contributed by atoms with Gasteiger partial charge in [-0.3, -0.25) is 0 Å². The number of nitrogens with zero attached hydrogens (tertiary/aromatic N) is 4. The van der Waals surface area contributed by atoms with E-state index in [0.29, 0.717) is 11.7 Å². The summed E-state index contributed by atoms with van der Waals surface area (Å²) in [5, 5.41) is 4.14. The van der Waals surface area contributed by atoms with Gasteiger partial charge in [0.15, 0.2) is 5.82 Å². The fourth-order valence-electron chi connectivity index (χ4n) is 3.68. The predicted octanol–water partition coefficient (Wildman–Crippen LogP) is 4.40. The molecule has 1 saturated carbocycles. The Morgan fingerprint density at radius 3 is 2.68 bits per heavy atom. The Morgan fingerprint density at radius 2 is 1.89 bits per heavy atom. The third kappa shape index (κ3) is 3.31. The van der Waals surface area contributed by atoms with Crippen LogP contribution >= 0.6 is 11.8 Å². The lowest BCUT2D eigenvalue weighted by Crippen LogP contribution is -2.34. The van der Waals surface area contributed by atoms with Crippen LogP contribution in [-0.2, 0) is 11.3 Å². The molecule has 28 heavy (non-hydrogen) atoms. The third-order valence-electron chi connectivity index (χ3n) is 5.27. The Hall–Kier alpha value is -2.64. The van der Waals surface area contributed by atoms with Gasteiger partial charge >= 0.3 is 0 Å². The number of hydrogen-bond donors (Lipinski definition) is 1. The topological polar surface area (TPSA) is 82.2 Å². The van der Waals surface area contributed by atoms with Crippen molar-refractivity contribution in [3.05, 3.63) is 66.4 Å². The first-order valence-corrected chi connectivity index (χ1v) is 10.5. The number of hydrogen-bond acceptors (Lipinski definition) is 6. The smallest absolute Gasteiger partial charge is 0.257 e. The molecule has 3 aromatic heterocycles. The van der Waals surface area contributed by atoms with E-state index in [1.165, 1.54) is 4.90 Å². The SMILES string of the molecule is NC1(c2noc(-c3ccc(SCc4cn5ccccc5n4)cc3)n2)CCCC1. The van der Waals surface area contributed by atoms with Gasteiger partial charge in [0.25, 0.3) is 5.89 Å². The van der Waals surface area contributed by atoms with Crippen molar-refractivity contribution in [1.29, 1.82) is 0 Å². The van der Waals surface area contributed by atoms with Gasteiger partial charge in [-0.1, -0.05) is 24.1 Å². The summed E-state index contributed by atoms with van der Waals surface area (Å²) in [6, 6.07) is 14.2.